The van der Waals surface area contributed by atoms with Crippen molar-refractivity contribution in [2.75, 3.05) is 0 Å². The molecule has 2 unspecified atom stereocenters. The molecule has 3 aliphatic rings. The fourth-order valence-electron chi connectivity index (χ4n) is 8.37. The van der Waals surface area contributed by atoms with E-state index < -0.39 is 43.4 Å². The van der Waals surface area contributed by atoms with Crippen molar-refractivity contribution in [3.05, 3.63) is 129 Å². The molecule has 0 aromatic heterocycles. The van der Waals surface area contributed by atoms with Crippen molar-refractivity contribution in [1.82, 2.24) is 0 Å². The van der Waals surface area contributed by atoms with Gasteiger partial charge in [-0.2, -0.15) is 0 Å². The number of hydrogen-bond donors (Lipinski definition) is 0. The van der Waals surface area contributed by atoms with Crippen molar-refractivity contribution >= 4 is 12.2 Å². The molecule has 4 aromatic rings. The van der Waals surface area contributed by atoms with Gasteiger partial charge in [0, 0.05) is 0 Å². The van der Waals surface area contributed by atoms with Gasteiger partial charge in [0.2, 0.25) is 0 Å². The summed E-state index contributed by atoms with van der Waals surface area (Å²) >= 11 is -3.24. The normalized spacial score (nSPS) is 18.2. The Hall–Kier alpha value is -2.61. The molecule has 0 radical (unpaired) electrons. The summed E-state index contributed by atoms with van der Waals surface area (Å²) in [7, 11) is 0. The molecule has 1 saturated heterocycles. The van der Waals surface area contributed by atoms with E-state index in [-0.39, 0.29) is 24.8 Å². The molecule has 1 fully saturated rings. The number of benzene rings is 4. The van der Waals surface area contributed by atoms with E-state index in [9.17, 15) is 26.3 Å². The molecule has 0 N–H and O–H groups in total. The van der Waals surface area contributed by atoms with Crippen LogP contribution < -0.4 is 24.8 Å². The van der Waals surface area contributed by atoms with E-state index in [4.69, 9.17) is 0 Å². The molecule has 0 spiro atoms. The van der Waals surface area contributed by atoms with Crippen molar-refractivity contribution < 1.29 is 71.1 Å². The molecule has 2 atom stereocenters. The van der Waals surface area contributed by atoms with Crippen molar-refractivity contribution in [2.24, 2.45) is 0 Å². The molecule has 1 heterocycles. The van der Waals surface area contributed by atoms with E-state index in [0.717, 1.165) is 59.1 Å². The van der Waals surface area contributed by atoms with E-state index in [1.807, 2.05) is 12.1 Å². The van der Waals surface area contributed by atoms with E-state index in [1.165, 1.54) is 54.9 Å². The fourth-order valence-corrected chi connectivity index (χ4v) is 36.4. The van der Waals surface area contributed by atoms with Gasteiger partial charge in [0.05, 0.1) is 0 Å². The Labute approximate surface area is 300 Å². The summed E-state index contributed by atoms with van der Waals surface area (Å²) in [6.45, 7) is 4.41. The molecular weight excluding hydrogens is 844 g/mol. The maximum Gasteiger partial charge on any atom is -1.00 e. The molecule has 0 bridgehead atoms. The monoisotopic (exact) mass is 880 g/mol. The molecule has 7 rings (SSSR count). The third-order valence-corrected chi connectivity index (χ3v) is 29.5. The third kappa shape index (κ3) is 6.77. The summed E-state index contributed by atoms with van der Waals surface area (Å²) < 4.78 is 83.4. The van der Waals surface area contributed by atoms with Gasteiger partial charge in [0.1, 0.15) is 0 Å². The van der Waals surface area contributed by atoms with Gasteiger partial charge in [0.25, 0.3) is 0 Å². The van der Waals surface area contributed by atoms with E-state index in [1.54, 1.807) is 24.3 Å². The standard InChI is InChI=1S/2C19H16F3.C2H4.2ClH.Hf/c2*1-2-4-13-11-15-5-3-6-17(18(15)12-13)14-7-9-16(10-8-14)19(20,21)22;1-2;;;/h2*3,5-12H,2,4H2,1H3;1-2H2;2*1H;/q;;;;;+2/p-2. The number of allylic oxidation sites excluding steroid dienone is 2. The molecule has 0 saturated carbocycles. The first-order valence-corrected chi connectivity index (χ1v) is 25.7. The van der Waals surface area contributed by atoms with Crippen LogP contribution in [0.25, 0.3) is 34.4 Å². The Balaban J connectivity index is 0.00000234. The molecular formula is C40H36Cl2F6Hf. The van der Waals surface area contributed by atoms with Crippen LogP contribution in [0.3, 0.4) is 0 Å². The maximum absolute atomic E-state index is 13.3. The Bertz CT molecular complexity index is 1750. The Morgan fingerprint density at radius 3 is 1.22 bits per heavy atom. The van der Waals surface area contributed by atoms with Crippen LogP contribution in [0.15, 0.2) is 96.1 Å². The quantitative estimate of drug-likeness (QED) is 0.130. The topological polar surface area (TPSA) is 0 Å². The van der Waals surface area contributed by atoms with Crippen LogP contribution >= 0.6 is 0 Å². The SMILES string of the molecule is CCCC1=Cc2c(-c3ccc(C(F)(F)F)cc3)cccc2[CH]1[Hf+2]1([CH]2C(CCC)=Cc3c(-c4ccc(C(F)(F)F)cc4)cccc32)[CH2][CH2]1.[Cl-].[Cl-]. The Morgan fingerprint density at radius 1 is 0.551 bits per heavy atom. The van der Waals surface area contributed by atoms with Crippen molar-refractivity contribution in [1.29, 1.82) is 0 Å². The van der Waals surface area contributed by atoms with Crippen LogP contribution in [-0.2, 0) is 32.3 Å². The number of alkyl halides is 6. The van der Waals surface area contributed by atoms with Gasteiger partial charge in [-0.1, -0.05) is 0 Å². The molecule has 49 heavy (non-hydrogen) atoms. The van der Waals surface area contributed by atoms with Gasteiger partial charge >= 0.3 is 278 Å². The first-order valence-electron chi connectivity index (χ1n) is 16.5. The molecule has 0 nitrogen and oxygen atoms in total. The van der Waals surface area contributed by atoms with E-state index in [0.29, 0.717) is 7.35 Å². The summed E-state index contributed by atoms with van der Waals surface area (Å²) in [5.41, 5.74) is 10.2. The number of fused-ring (bicyclic) bond motifs is 2. The molecule has 4 aromatic carbocycles. The number of halogens is 8. The zero-order valence-corrected chi connectivity index (χ0v) is 32.3. The first-order chi connectivity index (χ1) is 22.5. The average molecular weight is 880 g/mol. The second-order valence-corrected chi connectivity index (χ2v) is 29.9. The van der Waals surface area contributed by atoms with Crippen molar-refractivity contribution in [3.8, 4) is 22.3 Å². The summed E-state index contributed by atoms with van der Waals surface area (Å²) in [6.07, 6.45) is -0.0197. The maximum atomic E-state index is 13.3. The number of rotatable bonds is 8. The largest absolute Gasteiger partial charge is 1.00 e. The second kappa shape index (κ2) is 14.2. The smallest absolute Gasteiger partial charge is 1.00 e. The molecule has 0 amide bonds. The molecule has 2 aliphatic carbocycles. The van der Waals surface area contributed by atoms with Gasteiger partial charge < -0.3 is 24.8 Å². The fraction of sp³-hybridized carbons (Fsp3) is 0.300. The van der Waals surface area contributed by atoms with Gasteiger partial charge in [0.15, 0.2) is 0 Å². The van der Waals surface area contributed by atoms with E-state index >= 15 is 0 Å². The van der Waals surface area contributed by atoms with Crippen molar-refractivity contribution in [2.45, 2.75) is 67.6 Å². The zero-order chi connectivity index (χ0) is 33.1. The minimum Gasteiger partial charge on any atom is -1.00 e. The third-order valence-electron chi connectivity index (χ3n) is 10.4. The Morgan fingerprint density at radius 2 is 0.918 bits per heavy atom. The molecule has 1 aliphatic heterocycles. The van der Waals surface area contributed by atoms with Crippen molar-refractivity contribution in [3.63, 3.8) is 0 Å². The van der Waals surface area contributed by atoms with Crippen LogP contribution in [-0.4, -0.2) is 0 Å². The zero-order valence-electron chi connectivity index (χ0n) is 27.2. The van der Waals surface area contributed by atoms with Crippen LogP contribution in [0, 0.1) is 0 Å². The van der Waals surface area contributed by atoms with Crippen LogP contribution in [0.1, 0.15) is 80.3 Å². The summed E-state index contributed by atoms with van der Waals surface area (Å²) in [6, 6.07) is 23.8. The molecule has 9 heteroatoms. The summed E-state index contributed by atoms with van der Waals surface area (Å²) in [5.74, 6) is 0. The predicted octanol–water partition coefficient (Wildman–Crippen LogP) is 7.25. The average Bonchev–Trinajstić information content (AvgIpc) is 3.59. The Kier molecular flexibility index (Phi) is 10.9. The van der Waals surface area contributed by atoms with Gasteiger partial charge in [-0.3, -0.25) is 0 Å². The van der Waals surface area contributed by atoms with Crippen LogP contribution in [0.5, 0.6) is 0 Å². The number of hydrogen-bond acceptors (Lipinski definition) is 0. The minimum atomic E-state index is -4.38. The summed E-state index contributed by atoms with van der Waals surface area (Å²) in [4.78, 5) is 0. The summed E-state index contributed by atoms with van der Waals surface area (Å²) in [5, 5.41) is 0. The van der Waals surface area contributed by atoms with Gasteiger partial charge in [-0.25, -0.2) is 0 Å². The van der Waals surface area contributed by atoms with E-state index in [2.05, 4.69) is 50.3 Å². The first kappa shape index (κ1) is 37.6. The minimum absolute atomic E-state index is 0. The predicted molar refractivity (Wildman–Crippen MR) is 175 cm³/mol. The second-order valence-electron chi connectivity index (χ2n) is 13.3. The molecule has 256 valence electrons. The van der Waals surface area contributed by atoms with Gasteiger partial charge in [-0.15, -0.1) is 0 Å². The van der Waals surface area contributed by atoms with Gasteiger partial charge in [-0.05, 0) is 0 Å². The van der Waals surface area contributed by atoms with Crippen LogP contribution in [0.2, 0.25) is 8.35 Å². The van der Waals surface area contributed by atoms with Crippen LogP contribution in [0.4, 0.5) is 26.3 Å².